The first-order valence-electron chi connectivity index (χ1n) is 6.57. The molecule has 0 aliphatic rings. The van der Waals surface area contributed by atoms with E-state index in [1.165, 1.54) is 0 Å². The topological polar surface area (TPSA) is 71.1 Å². The number of nitrogens with one attached hydrogen (secondary N) is 2. The predicted molar refractivity (Wildman–Crippen MR) is 89.5 cm³/mol. The lowest BCUT2D eigenvalue weighted by molar-refractivity contribution is 0.607. The fraction of sp³-hybridized carbons (Fsp3) is 0.357. The Morgan fingerprint density at radius 1 is 1.19 bits per heavy atom. The highest BCUT2D eigenvalue weighted by Crippen LogP contribution is 2.31. The van der Waals surface area contributed by atoms with E-state index < -0.39 is 10.0 Å². The van der Waals surface area contributed by atoms with E-state index in [4.69, 9.17) is 0 Å². The molecule has 2 N–H and O–H groups in total. The molecule has 0 saturated heterocycles. The second-order valence-corrected chi connectivity index (χ2v) is 8.13. The zero-order valence-electron chi connectivity index (χ0n) is 12.5. The molecule has 0 amide bonds. The van der Waals surface area contributed by atoms with E-state index in [2.05, 4.69) is 28.9 Å². The minimum absolute atomic E-state index is 0.338. The average molecular weight is 325 g/mol. The fourth-order valence-corrected chi connectivity index (χ4v) is 3.43. The van der Waals surface area contributed by atoms with Gasteiger partial charge in [-0.2, -0.15) is 0 Å². The molecule has 5 nitrogen and oxygen atoms in total. The quantitative estimate of drug-likeness (QED) is 0.885. The van der Waals surface area contributed by atoms with Crippen molar-refractivity contribution in [2.45, 2.75) is 26.8 Å². The Hall–Kier alpha value is -1.60. The highest BCUT2D eigenvalue weighted by Gasteiger charge is 2.11. The molecule has 0 unspecified atom stereocenters. The summed E-state index contributed by atoms with van der Waals surface area (Å²) in [4.78, 5) is 5.72. The third-order valence-corrected chi connectivity index (χ3v) is 4.18. The van der Waals surface area contributed by atoms with Crippen LogP contribution in [-0.4, -0.2) is 25.7 Å². The monoisotopic (exact) mass is 325 g/mol. The molecule has 0 spiro atoms. The summed E-state index contributed by atoms with van der Waals surface area (Å²) in [7, 11) is -3.25. The highest BCUT2D eigenvalue weighted by molar-refractivity contribution is 7.92. The molecule has 21 heavy (non-hydrogen) atoms. The summed E-state index contributed by atoms with van der Waals surface area (Å²) >= 11 is 1.62. The van der Waals surface area contributed by atoms with Gasteiger partial charge in [0.1, 0.15) is 0 Å². The Kier molecular flexibility index (Phi) is 4.53. The first-order chi connectivity index (χ1) is 9.74. The molecule has 114 valence electrons. The molecule has 0 aliphatic carbocycles. The maximum absolute atomic E-state index is 11.2. The second-order valence-electron chi connectivity index (χ2n) is 5.17. The zero-order chi connectivity index (χ0) is 15.6. The van der Waals surface area contributed by atoms with E-state index in [0.717, 1.165) is 27.5 Å². The van der Waals surface area contributed by atoms with E-state index in [-0.39, 0.29) is 0 Å². The van der Waals surface area contributed by atoms with Crippen molar-refractivity contribution in [1.29, 1.82) is 0 Å². The lowest BCUT2D eigenvalue weighted by Gasteiger charge is -2.05. The van der Waals surface area contributed by atoms with Crippen LogP contribution in [0.2, 0.25) is 0 Å². The smallest absolute Gasteiger partial charge is 0.229 e. The molecule has 7 heteroatoms. The largest absolute Gasteiger partial charge is 0.359 e. The van der Waals surface area contributed by atoms with Crippen LogP contribution < -0.4 is 10.0 Å². The third kappa shape index (κ3) is 4.44. The standard InChI is InChI=1S/C14H19N3O2S2/c1-9(2)15-14-16-13(10(3)20-14)11-5-7-12(8-6-11)17-21(4,18)19/h5-9,17H,1-4H3,(H,15,16). The van der Waals surface area contributed by atoms with Gasteiger partial charge in [0.15, 0.2) is 5.13 Å². The van der Waals surface area contributed by atoms with E-state index in [1.54, 1.807) is 23.5 Å². The number of benzene rings is 1. The van der Waals surface area contributed by atoms with Crippen LogP contribution in [0, 0.1) is 6.92 Å². The van der Waals surface area contributed by atoms with Gasteiger partial charge in [-0.25, -0.2) is 13.4 Å². The summed E-state index contributed by atoms with van der Waals surface area (Å²) in [5, 5.41) is 4.19. The Bertz CT molecular complexity index is 719. The Balaban J connectivity index is 2.24. The van der Waals surface area contributed by atoms with Crippen LogP contribution in [-0.2, 0) is 10.0 Å². The minimum atomic E-state index is -3.25. The third-order valence-electron chi connectivity index (χ3n) is 2.67. The van der Waals surface area contributed by atoms with Crippen LogP contribution in [0.25, 0.3) is 11.3 Å². The van der Waals surface area contributed by atoms with Gasteiger partial charge in [0.05, 0.1) is 11.9 Å². The van der Waals surface area contributed by atoms with Crippen molar-refractivity contribution in [1.82, 2.24) is 4.98 Å². The molecular formula is C14H19N3O2S2. The molecular weight excluding hydrogens is 306 g/mol. The Morgan fingerprint density at radius 3 is 2.33 bits per heavy atom. The van der Waals surface area contributed by atoms with Crippen molar-refractivity contribution in [2.75, 3.05) is 16.3 Å². The molecule has 2 rings (SSSR count). The summed E-state index contributed by atoms with van der Waals surface area (Å²) in [6, 6.07) is 7.56. The normalized spacial score (nSPS) is 11.7. The maximum atomic E-state index is 11.2. The van der Waals surface area contributed by atoms with Crippen LogP contribution in [0.4, 0.5) is 10.8 Å². The van der Waals surface area contributed by atoms with E-state index >= 15 is 0 Å². The summed E-state index contributed by atoms with van der Waals surface area (Å²) in [6.45, 7) is 6.17. The Labute approximate surface area is 129 Å². The zero-order valence-corrected chi connectivity index (χ0v) is 14.1. The van der Waals surface area contributed by atoms with Crippen molar-refractivity contribution >= 4 is 32.2 Å². The number of sulfonamides is 1. The average Bonchev–Trinajstić information content (AvgIpc) is 2.68. The number of anilines is 2. The first kappa shape index (κ1) is 15.8. The summed E-state index contributed by atoms with van der Waals surface area (Å²) in [5.41, 5.74) is 2.45. The SMILES string of the molecule is Cc1sc(NC(C)C)nc1-c1ccc(NS(C)(=O)=O)cc1. The van der Waals surface area contributed by atoms with Gasteiger partial charge < -0.3 is 5.32 Å². The van der Waals surface area contributed by atoms with Crippen LogP contribution >= 0.6 is 11.3 Å². The maximum Gasteiger partial charge on any atom is 0.229 e. The second kappa shape index (κ2) is 6.03. The minimum Gasteiger partial charge on any atom is -0.359 e. The fourth-order valence-electron chi connectivity index (χ4n) is 1.88. The van der Waals surface area contributed by atoms with Gasteiger partial charge >= 0.3 is 0 Å². The number of hydrogen-bond donors (Lipinski definition) is 2. The molecule has 1 aromatic heterocycles. The number of thiazole rings is 1. The van der Waals surface area contributed by atoms with Gasteiger partial charge in [-0.1, -0.05) is 12.1 Å². The Morgan fingerprint density at radius 2 is 1.81 bits per heavy atom. The predicted octanol–water partition coefficient (Wildman–Crippen LogP) is 3.31. The van der Waals surface area contributed by atoms with Crippen LogP contribution in [0.1, 0.15) is 18.7 Å². The van der Waals surface area contributed by atoms with Gasteiger partial charge in [0.25, 0.3) is 0 Å². The van der Waals surface area contributed by atoms with Crippen molar-refractivity contribution in [3.8, 4) is 11.3 Å². The van der Waals surface area contributed by atoms with E-state index in [0.29, 0.717) is 11.7 Å². The molecule has 0 bridgehead atoms. The number of nitrogens with zero attached hydrogens (tertiary/aromatic N) is 1. The summed E-state index contributed by atoms with van der Waals surface area (Å²) < 4.78 is 24.8. The van der Waals surface area contributed by atoms with Crippen molar-refractivity contribution in [3.63, 3.8) is 0 Å². The van der Waals surface area contributed by atoms with Crippen molar-refractivity contribution in [3.05, 3.63) is 29.1 Å². The molecule has 0 saturated carbocycles. The van der Waals surface area contributed by atoms with Crippen molar-refractivity contribution < 1.29 is 8.42 Å². The van der Waals surface area contributed by atoms with Crippen molar-refractivity contribution in [2.24, 2.45) is 0 Å². The molecule has 1 aromatic carbocycles. The van der Waals surface area contributed by atoms with Gasteiger partial charge in [0, 0.05) is 22.2 Å². The number of rotatable bonds is 5. The first-order valence-corrected chi connectivity index (χ1v) is 9.27. The molecule has 0 aliphatic heterocycles. The summed E-state index contributed by atoms with van der Waals surface area (Å²) in [6.07, 6.45) is 1.13. The molecule has 0 radical (unpaired) electrons. The van der Waals surface area contributed by atoms with E-state index in [1.807, 2.05) is 19.1 Å². The van der Waals surface area contributed by atoms with Crippen LogP contribution in [0.5, 0.6) is 0 Å². The molecule has 0 fully saturated rings. The van der Waals surface area contributed by atoms with Crippen LogP contribution in [0.3, 0.4) is 0 Å². The van der Waals surface area contributed by atoms with Gasteiger partial charge in [0.2, 0.25) is 10.0 Å². The lowest BCUT2D eigenvalue weighted by atomic mass is 10.1. The highest BCUT2D eigenvalue weighted by atomic mass is 32.2. The summed E-state index contributed by atoms with van der Waals surface area (Å²) in [5.74, 6) is 0. The lowest BCUT2D eigenvalue weighted by Crippen LogP contribution is -2.09. The van der Waals surface area contributed by atoms with Gasteiger partial charge in [-0.3, -0.25) is 4.72 Å². The van der Waals surface area contributed by atoms with E-state index in [9.17, 15) is 8.42 Å². The number of aryl methyl sites for hydroxylation is 1. The van der Waals surface area contributed by atoms with Gasteiger partial charge in [-0.05, 0) is 32.9 Å². The van der Waals surface area contributed by atoms with Crippen LogP contribution in [0.15, 0.2) is 24.3 Å². The van der Waals surface area contributed by atoms with Gasteiger partial charge in [-0.15, -0.1) is 11.3 Å². The molecule has 2 aromatic rings. The number of aromatic nitrogens is 1. The molecule has 0 atom stereocenters. The number of hydrogen-bond acceptors (Lipinski definition) is 5. The molecule has 1 heterocycles.